The average molecular weight is 1050 g/mol. The molecule has 0 saturated heterocycles. The third-order valence-electron chi connectivity index (χ3n) is 12.8. The van der Waals surface area contributed by atoms with E-state index >= 15 is 0 Å². The van der Waals surface area contributed by atoms with E-state index in [2.05, 4.69) is 174 Å². The first-order valence-corrected chi connectivity index (χ1v) is 26.8. The molecule has 1 aliphatic rings. The third-order valence-corrected chi connectivity index (χ3v) is 14.9. The number of fused-ring (bicyclic) bond motifs is 4. The number of hydrogen-bond acceptors (Lipinski definition) is 4. The SMILES string of the molecule is C[Si](C)(C)c1cnc(-c2[c-]cccc2)cc1CC1CCCCC1.Cc1ccc2c(c1)nc(-c1[c-]ccc3c1oc1nc(CC(C)C)ccc13)n2-c1c(C)cc(-c2ccccc2)cc1C.[Ir]. The Morgan fingerprint density at radius 3 is 2.22 bits per heavy atom. The van der Waals surface area contributed by atoms with E-state index in [-0.39, 0.29) is 20.1 Å². The fourth-order valence-electron chi connectivity index (χ4n) is 9.79. The topological polar surface area (TPSA) is 56.7 Å². The van der Waals surface area contributed by atoms with Crippen LogP contribution in [0.25, 0.3) is 72.6 Å². The molecule has 1 fully saturated rings. The number of aryl methyl sites for hydroxylation is 3. The molecule has 4 aromatic heterocycles. The van der Waals surface area contributed by atoms with E-state index in [1.54, 1.807) is 10.8 Å². The van der Waals surface area contributed by atoms with Crippen LogP contribution in [0.3, 0.4) is 0 Å². The van der Waals surface area contributed by atoms with Crippen molar-refractivity contribution in [2.75, 3.05) is 0 Å². The molecule has 5 aromatic carbocycles. The average Bonchev–Trinajstić information content (AvgIpc) is 3.84. The van der Waals surface area contributed by atoms with Crippen LogP contribution in [0.15, 0.2) is 126 Å². The molecule has 333 valence electrons. The molecule has 1 saturated carbocycles. The Labute approximate surface area is 400 Å². The standard InChI is InChI=1S/C37H32N3O.C21H28NSi.Ir/c1-22(2)18-28-15-16-30-29-12-9-13-31(35(29)41-37(30)38-28)36-39-32-19-23(3)14-17-33(32)40(36)34-24(4)20-27(21-25(34)5)26-10-7-6-8-11-26;1-23(2,3)21-16-22-20(18-12-8-5-9-13-18)15-19(21)14-17-10-6-4-7-11-17;/h6-12,14-17,19-22H,18H2,1-5H3;5,8-9,12,15-17H,4,6-7,10-11,14H2,1-3H3;/q2*-1;. The summed E-state index contributed by atoms with van der Waals surface area (Å²) in [6, 6.07) is 47.2. The van der Waals surface area contributed by atoms with E-state index in [0.717, 1.165) is 73.8 Å². The summed E-state index contributed by atoms with van der Waals surface area (Å²) in [4.78, 5) is 14.9. The summed E-state index contributed by atoms with van der Waals surface area (Å²) >= 11 is 0. The zero-order valence-corrected chi connectivity index (χ0v) is 42.6. The third kappa shape index (κ3) is 9.89. The summed E-state index contributed by atoms with van der Waals surface area (Å²) in [6.07, 6.45) is 11.4. The van der Waals surface area contributed by atoms with Gasteiger partial charge in [-0.25, -0.2) is 4.98 Å². The van der Waals surface area contributed by atoms with Gasteiger partial charge in [0.1, 0.15) is 0 Å². The molecule has 0 spiro atoms. The van der Waals surface area contributed by atoms with E-state index in [9.17, 15) is 0 Å². The molecule has 7 heteroatoms. The quantitative estimate of drug-likeness (QED) is 0.107. The van der Waals surface area contributed by atoms with Gasteiger partial charge in [0.15, 0.2) is 0 Å². The monoisotopic (exact) mass is 1050 g/mol. The van der Waals surface area contributed by atoms with Crippen LogP contribution >= 0.6 is 0 Å². The number of pyridine rings is 2. The summed E-state index contributed by atoms with van der Waals surface area (Å²) in [5.74, 6) is 2.21. The van der Waals surface area contributed by atoms with E-state index in [4.69, 9.17) is 19.4 Å². The van der Waals surface area contributed by atoms with Crippen LogP contribution in [0.1, 0.15) is 73.9 Å². The number of rotatable bonds is 9. The summed E-state index contributed by atoms with van der Waals surface area (Å²) in [6.45, 7) is 18.2. The zero-order valence-electron chi connectivity index (χ0n) is 39.2. The number of nitrogens with zero attached hydrogens (tertiary/aromatic N) is 4. The maximum atomic E-state index is 6.51. The van der Waals surface area contributed by atoms with Crippen molar-refractivity contribution in [3.05, 3.63) is 162 Å². The van der Waals surface area contributed by atoms with E-state index in [0.29, 0.717) is 11.6 Å². The Bertz CT molecular complexity index is 3060. The normalized spacial score (nSPS) is 13.3. The number of imidazole rings is 1. The number of furan rings is 1. The van der Waals surface area contributed by atoms with Gasteiger partial charge in [-0.15, -0.1) is 54.1 Å². The van der Waals surface area contributed by atoms with Gasteiger partial charge in [-0.3, -0.25) is 4.98 Å². The van der Waals surface area contributed by atoms with Gasteiger partial charge in [-0.05, 0) is 121 Å². The van der Waals surface area contributed by atoms with Crippen LogP contribution < -0.4 is 5.19 Å². The van der Waals surface area contributed by atoms with Gasteiger partial charge in [-0.1, -0.05) is 125 Å². The summed E-state index contributed by atoms with van der Waals surface area (Å²) in [5, 5.41) is 3.59. The summed E-state index contributed by atoms with van der Waals surface area (Å²) in [5.41, 5.74) is 16.2. The van der Waals surface area contributed by atoms with Crippen LogP contribution in [0, 0.1) is 44.7 Å². The Kier molecular flexibility index (Phi) is 13.9. The van der Waals surface area contributed by atoms with Gasteiger partial charge in [0, 0.05) is 43.1 Å². The first-order valence-electron chi connectivity index (χ1n) is 23.3. The molecule has 5 nitrogen and oxygen atoms in total. The van der Waals surface area contributed by atoms with Gasteiger partial charge < -0.3 is 14.0 Å². The molecule has 0 atom stereocenters. The maximum Gasteiger partial charge on any atom is 0.216 e. The van der Waals surface area contributed by atoms with Gasteiger partial charge >= 0.3 is 0 Å². The number of benzene rings is 5. The molecule has 4 heterocycles. The summed E-state index contributed by atoms with van der Waals surface area (Å²) in [7, 11) is -1.36. The van der Waals surface area contributed by atoms with Crippen molar-refractivity contribution in [2.45, 2.75) is 99.2 Å². The molecule has 0 aliphatic heterocycles. The number of hydrogen-bond donors (Lipinski definition) is 0. The Hall–Kier alpha value is -5.46. The van der Waals surface area contributed by atoms with Gasteiger partial charge in [-0.2, -0.15) is 0 Å². The van der Waals surface area contributed by atoms with Crippen LogP contribution in [0.2, 0.25) is 19.6 Å². The van der Waals surface area contributed by atoms with Crippen LogP contribution in [-0.4, -0.2) is 27.6 Å². The molecule has 1 radical (unpaired) electrons. The van der Waals surface area contributed by atoms with Gasteiger partial charge in [0.25, 0.3) is 0 Å². The molecule has 0 bridgehead atoms. The molecule has 1 aliphatic carbocycles. The minimum atomic E-state index is -1.36. The number of aromatic nitrogens is 4. The van der Waals surface area contributed by atoms with Crippen LogP contribution in [-0.2, 0) is 32.9 Å². The van der Waals surface area contributed by atoms with Crippen molar-refractivity contribution in [3.8, 4) is 39.5 Å². The predicted octanol–water partition coefficient (Wildman–Crippen LogP) is 14.8. The second-order valence-corrected chi connectivity index (χ2v) is 24.5. The van der Waals surface area contributed by atoms with Gasteiger partial charge in [0.05, 0.1) is 30.5 Å². The van der Waals surface area contributed by atoms with Crippen molar-refractivity contribution in [2.24, 2.45) is 11.8 Å². The van der Waals surface area contributed by atoms with E-state index in [1.165, 1.54) is 66.3 Å². The molecule has 0 unspecified atom stereocenters. The molecule has 0 N–H and O–H groups in total. The van der Waals surface area contributed by atoms with Crippen molar-refractivity contribution in [3.63, 3.8) is 0 Å². The van der Waals surface area contributed by atoms with Crippen molar-refractivity contribution in [1.82, 2.24) is 19.5 Å². The predicted molar refractivity (Wildman–Crippen MR) is 270 cm³/mol. The molecule has 0 amide bonds. The smallest absolute Gasteiger partial charge is 0.216 e. The molecule has 65 heavy (non-hydrogen) atoms. The van der Waals surface area contributed by atoms with Crippen molar-refractivity contribution in [1.29, 1.82) is 0 Å². The Balaban J connectivity index is 0.000000204. The molecular weight excluding hydrogens is 989 g/mol. The molecule has 10 rings (SSSR count). The van der Waals surface area contributed by atoms with Gasteiger partial charge in [0.2, 0.25) is 5.71 Å². The van der Waals surface area contributed by atoms with Crippen LogP contribution in [0.4, 0.5) is 0 Å². The van der Waals surface area contributed by atoms with Crippen molar-refractivity contribution >= 4 is 46.4 Å². The second kappa shape index (κ2) is 19.6. The first-order chi connectivity index (χ1) is 30.9. The minimum absolute atomic E-state index is 0. The second-order valence-electron chi connectivity index (χ2n) is 19.5. The molecule has 9 aromatic rings. The van der Waals surface area contributed by atoms with E-state index < -0.39 is 8.07 Å². The summed E-state index contributed by atoms with van der Waals surface area (Å²) < 4.78 is 8.79. The fraction of sp³-hybridized carbons (Fsp3) is 0.293. The van der Waals surface area contributed by atoms with E-state index in [1.807, 2.05) is 18.2 Å². The maximum absolute atomic E-state index is 6.51. The fourth-order valence-corrected chi connectivity index (χ4v) is 11.4. The van der Waals surface area contributed by atoms with Crippen molar-refractivity contribution < 1.29 is 24.5 Å². The minimum Gasteiger partial charge on any atom is -0.486 e. The first kappa shape index (κ1) is 46.1. The van der Waals surface area contributed by atoms with Crippen LogP contribution in [0.5, 0.6) is 0 Å². The largest absolute Gasteiger partial charge is 0.486 e. The Morgan fingerprint density at radius 2 is 1.51 bits per heavy atom. The Morgan fingerprint density at radius 1 is 0.754 bits per heavy atom. The zero-order chi connectivity index (χ0) is 44.5. The molecular formula is C58H60IrN4OSi-2.